The molecule has 2 aromatic heterocycles. The maximum Gasteiger partial charge on any atom is 0.213 e. The van der Waals surface area contributed by atoms with Crippen molar-refractivity contribution in [2.45, 2.75) is 0 Å². The van der Waals surface area contributed by atoms with Crippen LogP contribution < -0.4 is 4.80 Å². The van der Waals surface area contributed by atoms with E-state index in [1.807, 2.05) is 53.1 Å². The van der Waals surface area contributed by atoms with Gasteiger partial charge in [-0.3, -0.25) is 4.40 Å². The minimum Gasteiger partial charge on any atom is -0.275 e. The van der Waals surface area contributed by atoms with Crippen LogP contribution in [0.1, 0.15) is 0 Å². The van der Waals surface area contributed by atoms with E-state index in [9.17, 15) is 0 Å². The molecule has 0 bridgehead atoms. The molecule has 5 heteroatoms. The van der Waals surface area contributed by atoms with Gasteiger partial charge in [-0.2, -0.15) is 4.37 Å². The summed E-state index contributed by atoms with van der Waals surface area (Å²) in [7, 11) is 0. The summed E-state index contributed by atoms with van der Waals surface area (Å²) < 4.78 is 6.27. The molecule has 0 saturated carbocycles. The van der Waals surface area contributed by atoms with Gasteiger partial charge in [-0.1, -0.05) is 23.7 Å². The standard InChI is InChI=1S/C12H8ClN3S/c13-9-4-3-5-10(8-9)14-12-16-7-2-1-6-11(16)15-17-12/h1-8H. The molecule has 0 unspecified atom stereocenters. The SMILES string of the molecule is Clc1cccc(N=c2snc3ccccn23)c1. The minimum atomic E-state index is 0.685. The van der Waals surface area contributed by atoms with Crippen LogP contribution in [0.2, 0.25) is 5.02 Å². The second-order valence-corrected chi connectivity index (χ2v) is 4.65. The summed E-state index contributed by atoms with van der Waals surface area (Å²) in [6.45, 7) is 0. The second kappa shape index (κ2) is 4.31. The van der Waals surface area contributed by atoms with Gasteiger partial charge in [-0.25, -0.2) is 4.99 Å². The van der Waals surface area contributed by atoms with Crippen LogP contribution in [0.5, 0.6) is 0 Å². The topological polar surface area (TPSA) is 29.7 Å². The van der Waals surface area contributed by atoms with Crippen LogP contribution in [0.3, 0.4) is 0 Å². The highest BCUT2D eigenvalue weighted by Crippen LogP contribution is 2.17. The van der Waals surface area contributed by atoms with E-state index in [0.29, 0.717) is 5.02 Å². The lowest BCUT2D eigenvalue weighted by atomic mass is 10.3. The Bertz CT molecular complexity index is 729. The van der Waals surface area contributed by atoms with E-state index in [1.165, 1.54) is 11.5 Å². The van der Waals surface area contributed by atoms with Crippen molar-refractivity contribution in [3.8, 4) is 0 Å². The number of fused-ring (bicyclic) bond motifs is 1. The van der Waals surface area contributed by atoms with Crippen LogP contribution in [0.15, 0.2) is 53.7 Å². The Morgan fingerprint density at radius 3 is 3.00 bits per heavy atom. The van der Waals surface area contributed by atoms with E-state index < -0.39 is 0 Å². The van der Waals surface area contributed by atoms with Crippen molar-refractivity contribution < 1.29 is 0 Å². The third kappa shape index (κ3) is 2.09. The number of benzene rings is 1. The first-order chi connectivity index (χ1) is 8.33. The van der Waals surface area contributed by atoms with E-state index in [1.54, 1.807) is 0 Å². The van der Waals surface area contributed by atoms with Crippen LogP contribution in [-0.2, 0) is 0 Å². The van der Waals surface area contributed by atoms with Gasteiger partial charge < -0.3 is 0 Å². The summed E-state index contributed by atoms with van der Waals surface area (Å²) in [5.41, 5.74) is 1.73. The number of hydrogen-bond acceptors (Lipinski definition) is 3. The molecule has 3 nitrogen and oxygen atoms in total. The minimum absolute atomic E-state index is 0.685. The normalized spacial score (nSPS) is 12.2. The summed E-state index contributed by atoms with van der Waals surface area (Å²) >= 11 is 7.29. The molecule has 0 aliphatic carbocycles. The van der Waals surface area contributed by atoms with Gasteiger partial charge >= 0.3 is 0 Å². The maximum atomic E-state index is 5.92. The van der Waals surface area contributed by atoms with Crippen molar-refractivity contribution in [1.29, 1.82) is 0 Å². The Morgan fingerprint density at radius 2 is 2.12 bits per heavy atom. The summed E-state index contributed by atoms with van der Waals surface area (Å²) in [5.74, 6) is 0. The highest BCUT2D eigenvalue weighted by atomic mass is 35.5. The quantitative estimate of drug-likeness (QED) is 0.661. The Hall–Kier alpha value is -1.65. The molecule has 17 heavy (non-hydrogen) atoms. The molecule has 1 aromatic carbocycles. The first kappa shape index (κ1) is 10.5. The fourth-order valence-corrected chi connectivity index (χ4v) is 2.43. The van der Waals surface area contributed by atoms with Gasteiger partial charge in [0.15, 0.2) is 5.65 Å². The predicted octanol–water partition coefficient (Wildman–Crippen LogP) is 3.28. The van der Waals surface area contributed by atoms with Crippen LogP contribution >= 0.6 is 23.1 Å². The lowest BCUT2D eigenvalue weighted by Crippen LogP contribution is -2.04. The smallest absolute Gasteiger partial charge is 0.213 e. The van der Waals surface area contributed by atoms with Crippen molar-refractivity contribution in [1.82, 2.24) is 8.77 Å². The molecular weight excluding hydrogens is 254 g/mol. The van der Waals surface area contributed by atoms with Crippen LogP contribution in [0.25, 0.3) is 5.65 Å². The molecule has 0 amide bonds. The largest absolute Gasteiger partial charge is 0.275 e. The van der Waals surface area contributed by atoms with Crippen molar-refractivity contribution in [3.05, 3.63) is 58.5 Å². The average Bonchev–Trinajstić information content (AvgIpc) is 2.73. The lowest BCUT2D eigenvalue weighted by molar-refractivity contribution is 1.09. The van der Waals surface area contributed by atoms with Crippen molar-refractivity contribution in [2.75, 3.05) is 0 Å². The summed E-state index contributed by atoms with van der Waals surface area (Å²) in [5, 5.41) is 0.685. The predicted molar refractivity (Wildman–Crippen MR) is 69.7 cm³/mol. The molecule has 0 fully saturated rings. The van der Waals surface area contributed by atoms with Crippen LogP contribution in [-0.4, -0.2) is 8.77 Å². The molecule has 3 aromatic rings. The number of hydrogen-bond donors (Lipinski definition) is 0. The Kier molecular flexibility index (Phi) is 2.66. The fraction of sp³-hybridized carbons (Fsp3) is 0. The molecule has 0 aliphatic heterocycles. The van der Waals surface area contributed by atoms with Gasteiger partial charge in [0, 0.05) is 22.8 Å². The van der Waals surface area contributed by atoms with Gasteiger partial charge in [0.2, 0.25) is 4.80 Å². The summed E-state index contributed by atoms with van der Waals surface area (Å²) in [4.78, 5) is 5.36. The molecule has 0 N–H and O–H groups in total. The Labute approximate surface area is 107 Å². The molecule has 0 spiro atoms. The molecular formula is C12H8ClN3S. The van der Waals surface area contributed by atoms with Gasteiger partial charge in [0.05, 0.1) is 5.69 Å². The first-order valence-corrected chi connectivity index (χ1v) is 6.21. The third-order valence-electron chi connectivity index (χ3n) is 2.30. The van der Waals surface area contributed by atoms with E-state index in [0.717, 1.165) is 16.1 Å². The van der Waals surface area contributed by atoms with Crippen molar-refractivity contribution in [2.24, 2.45) is 4.99 Å². The number of pyridine rings is 1. The molecule has 0 saturated heterocycles. The van der Waals surface area contributed by atoms with Gasteiger partial charge in [0.1, 0.15) is 0 Å². The maximum absolute atomic E-state index is 5.92. The second-order valence-electron chi connectivity index (χ2n) is 3.49. The van der Waals surface area contributed by atoms with Crippen LogP contribution in [0, 0.1) is 0 Å². The molecule has 0 atom stereocenters. The lowest BCUT2D eigenvalue weighted by Gasteiger charge is -1.93. The summed E-state index contributed by atoms with van der Waals surface area (Å²) in [6.07, 6.45) is 1.95. The van der Waals surface area contributed by atoms with E-state index in [4.69, 9.17) is 11.6 Å². The number of nitrogens with zero attached hydrogens (tertiary/aromatic N) is 3. The monoisotopic (exact) mass is 261 g/mol. The zero-order chi connectivity index (χ0) is 11.7. The Balaban J connectivity index is 2.21. The van der Waals surface area contributed by atoms with Gasteiger partial charge in [-0.15, -0.1) is 0 Å². The molecule has 3 rings (SSSR count). The zero-order valence-electron chi connectivity index (χ0n) is 8.75. The number of aromatic nitrogens is 2. The van der Waals surface area contributed by atoms with Crippen LogP contribution in [0.4, 0.5) is 5.69 Å². The Morgan fingerprint density at radius 1 is 1.18 bits per heavy atom. The van der Waals surface area contributed by atoms with Gasteiger partial charge in [-0.05, 0) is 30.3 Å². The molecule has 0 aliphatic rings. The number of halogens is 1. The highest BCUT2D eigenvalue weighted by Gasteiger charge is 1.97. The fourth-order valence-electron chi connectivity index (χ4n) is 1.53. The van der Waals surface area contributed by atoms with E-state index in [2.05, 4.69) is 9.37 Å². The molecule has 2 heterocycles. The first-order valence-electron chi connectivity index (χ1n) is 5.06. The molecule has 0 radical (unpaired) electrons. The van der Waals surface area contributed by atoms with E-state index >= 15 is 0 Å². The van der Waals surface area contributed by atoms with Gasteiger partial charge in [0.25, 0.3) is 0 Å². The van der Waals surface area contributed by atoms with E-state index in [-0.39, 0.29) is 0 Å². The van der Waals surface area contributed by atoms with Crippen molar-refractivity contribution >= 4 is 34.5 Å². The highest BCUT2D eigenvalue weighted by molar-refractivity contribution is 7.03. The van der Waals surface area contributed by atoms with Crippen molar-refractivity contribution in [3.63, 3.8) is 0 Å². The summed E-state index contributed by atoms with van der Waals surface area (Å²) in [6, 6.07) is 13.3. The number of rotatable bonds is 1. The zero-order valence-corrected chi connectivity index (χ0v) is 10.3. The third-order valence-corrected chi connectivity index (χ3v) is 3.26. The average molecular weight is 262 g/mol. The molecule has 84 valence electrons.